The topological polar surface area (TPSA) is 20.3 Å². The van der Waals surface area contributed by atoms with Gasteiger partial charge in [-0.25, -0.2) is 0 Å². The van der Waals surface area contributed by atoms with Gasteiger partial charge < -0.3 is 0 Å². The van der Waals surface area contributed by atoms with E-state index in [4.69, 9.17) is 0 Å². The molecule has 0 saturated carbocycles. The van der Waals surface area contributed by atoms with E-state index in [1.165, 1.54) is 5.56 Å². The molecule has 0 fully saturated rings. The number of nitrogens with zero attached hydrogens (tertiary/aromatic N) is 1. The van der Waals surface area contributed by atoms with Crippen molar-refractivity contribution in [2.75, 3.05) is 14.1 Å². The van der Waals surface area contributed by atoms with E-state index in [2.05, 4.69) is 12.1 Å². The Balaban J connectivity index is 0.00000196. The second-order valence-corrected chi connectivity index (χ2v) is 3.78. The first-order valence-electron chi connectivity index (χ1n) is 4.82. The van der Waals surface area contributed by atoms with E-state index < -0.39 is 0 Å². The molecule has 0 saturated heterocycles. The third-order valence-electron chi connectivity index (χ3n) is 2.36. The summed E-state index contributed by atoms with van der Waals surface area (Å²) >= 11 is 0. The zero-order valence-electron chi connectivity index (χ0n) is 9.34. The van der Waals surface area contributed by atoms with Crippen LogP contribution in [-0.2, 0) is 31.6 Å². The molecule has 1 rings (SSSR count). The molecule has 0 bridgehead atoms. The number of Topliss-reactive ketones (excluding diaryl/α,β-unsaturated/α-hetero) is 1. The van der Waals surface area contributed by atoms with Gasteiger partial charge in [-0.05, 0) is 33.0 Å². The van der Waals surface area contributed by atoms with Crippen molar-refractivity contribution in [3.63, 3.8) is 0 Å². The molecule has 86 valence electrons. The van der Waals surface area contributed by atoms with Gasteiger partial charge in [0.2, 0.25) is 0 Å². The summed E-state index contributed by atoms with van der Waals surface area (Å²) in [6.07, 6.45) is 0.795. The molecule has 0 aliphatic heterocycles. The van der Waals surface area contributed by atoms with Crippen LogP contribution in [0.3, 0.4) is 0 Å². The summed E-state index contributed by atoms with van der Waals surface area (Å²) in [5.41, 5.74) is 1.21. The third-order valence-corrected chi connectivity index (χ3v) is 2.36. The first-order valence-corrected chi connectivity index (χ1v) is 4.82. The Morgan fingerprint density at radius 3 is 2.20 bits per heavy atom. The molecule has 15 heavy (non-hydrogen) atoms. The molecule has 0 spiro atoms. The molecule has 0 aliphatic carbocycles. The Labute approximate surface area is 105 Å². The smallest absolute Gasteiger partial charge is 0.147 e. The maximum absolute atomic E-state index is 11.3. The number of rotatable bonds is 4. The molecule has 0 amide bonds. The van der Waals surface area contributed by atoms with E-state index in [1.54, 1.807) is 6.92 Å². The van der Waals surface area contributed by atoms with E-state index >= 15 is 0 Å². The molecular weight excluding hydrogens is 281 g/mol. The second kappa shape index (κ2) is 6.90. The minimum Gasteiger partial charge on any atom is -0.299 e. The van der Waals surface area contributed by atoms with Gasteiger partial charge in [0.15, 0.2) is 0 Å². The van der Waals surface area contributed by atoms with Crippen molar-refractivity contribution in [2.45, 2.75) is 19.4 Å². The summed E-state index contributed by atoms with van der Waals surface area (Å²) in [6.45, 7) is 1.65. The zero-order valence-corrected chi connectivity index (χ0v) is 10.9. The average molecular weight is 298 g/mol. The number of hydrogen-bond acceptors (Lipinski definition) is 2. The van der Waals surface area contributed by atoms with Gasteiger partial charge in [-0.3, -0.25) is 9.69 Å². The van der Waals surface area contributed by atoms with Gasteiger partial charge in [-0.2, -0.15) is 0 Å². The molecule has 3 heteroatoms. The van der Waals surface area contributed by atoms with Crippen LogP contribution < -0.4 is 0 Å². The molecule has 0 heterocycles. The Kier molecular flexibility index (Phi) is 6.67. The molecule has 0 radical (unpaired) electrons. The molecule has 1 aromatic carbocycles. The van der Waals surface area contributed by atoms with E-state index in [1.807, 2.05) is 37.2 Å². The van der Waals surface area contributed by atoms with Gasteiger partial charge in [-0.15, -0.1) is 0 Å². The van der Waals surface area contributed by atoms with Crippen molar-refractivity contribution in [3.8, 4) is 0 Å². The molecule has 0 aromatic heterocycles. The van der Waals surface area contributed by atoms with Crippen molar-refractivity contribution in [2.24, 2.45) is 0 Å². The average Bonchev–Trinajstić information content (AvgIpc) is 2.15. The quantitative estimate of drug-likeness (QED) is 0.789. The van der Waals surface area contributed by atoms with E-state index in [9.17, 15) is 4.79 Å². The minimum absolute atomic E-state index is 0. The van der Waals surface area contributed by atoms with Crippen molar-refractivity contribution >= 4 is 5.78 Å². The maximum atomic E-state index is 11.3. The number of carbonyl (C=O) groups excluding carboxylic acids is 1. The molecule has 2 nitrogen and oxygen atoms in total. The zero-order chi connectivity index (χ0) is 10.6. The summed E-state index contributed by atoms with van der Waals surface area (Å²) in [5.74, 6) is 0.221. The first-order chi connectivity index (χ1) is 6.61. The molecule has 0 aliphatic rings. The molecule has 1 unspecified atom stereocenters. The van der Waals surface area contributed by atoms with Crippen LogP contribution in [0.2, 0.25) is 0 Å². The number of benzene rings is 1. The fourth-order valence-corrected chi connectivity index (χ4v) is 1.53. The number of likely N-dealkylation sites (N-methyl/N-ethyl adjacent to an activating group) is 1. The SMILES string of the molecule is CC(=O)C(Cc1ccccc1)N(C)C.[Pd]. The summed E-state index contributed by atoms with van der Waals surface area (Å²) in [6, 6.07) is 10.1. The van der Waals surface area contributed by atoms with Crippen LogP contribution in [0.15, 0.2) is 30.3 Å². The van der Waals surface area contributed by atoms with Gasteiger partial charge in [-0.1, -0.05) is 30.3 Å². The van der Waals surface area contributed by atoms with Gasteiger partial charge in [0, 0.05) is 20.4 Å². The predicted octanol–water partition coefficient (Wildman–Crippen LogP) is 1.75. The van der Waals surface area contributed by atoms with Crippen molar-refractivity contribution < 1.29 is 25.2 Å². The van der Waals surface area contributed by atoms with Crippen LogP contribution in [0.25, 0.3) is 0 Å². The van der Waals surface area contributed by atoms with Crippen LogP contribution >= 0.6 is 0 Å². The predicted molar refractivity (Wildman–Crippen MR) is 58.3 cm³/mol. The van der Waals surface area contributed by atoms with Crippen molar-refractivity contribution in [1.29, 1.82) is 0 Å². The Hall–Kier alpha value is -0.488. The molecule has 1 atom stereocenters. The normalized spacial score (nSPS) is 12.0. The summed E-state index contributed by atoms with van der Waals surface area (Å²) in [7, 11) is 3.88. The fraction of sp³-hybridized carbons (Fsp3) is 0.417. The minimum atomic E-state index is -0.00241. The second-order valence-electron chi connectivity index (χ2n) is 3.78. The van der Waals surface area contributed by atoms with Crippen LogP contribution in [0.5, 0.6) is 0 Å². The monoisotopic (exact) mass is 297 g/mol. The Morgan fingerprint density at radius 2 is 1.80 bits per heavy atom. The number of ketones is 1. The van der Waals surface area contributed by atoms with Crippen LogP contribution in [0.1, 0.15) is 12.5 Å². The Morgan fingerprint density at radius 1 is 1.27 bits per heavy atom. The summed E-state index contributed by atoms with van der Waals surface area (Å²) in [4.78, 5) is 13.3. The number of hydrogen-bond donors (Lipinski definition) is 0. The van der Waals surface area contributed by atoms with E-state index in [0.717, 1.165) is 6.42 Å². The first kappa shape index (κ1) is 14.5. The number of carbonyl (C=O) groups is 1. The van der Waals surface area contributed by atoms with Gasteiger partial charge in [0.05, 0.1) is 6.04 Å². The van der Waals surface area contributed by atoms with Gasteiger partial charge >= 0.3 is 0 Å². The van der Waals surface area contributed by atoms with E-state index in [-0.39, 0.29) is 32.2 Å². The summed E-state index contributed by atoms with van der Waals surface area (Å²) in [5, 5.41) is 0. The molecule has 1 aromatic rings. The summed E-state index contributed by atoms with van der Waals surface area (Å²) < 4.78 is 0. The van der Waals surface area contributed by atoms with Crippen LogP contribution in [-0.4, -0.2) is 30.8 Å². The molecular formula is C12H17NOPd. The third kappa shape index (κ3) is 4.70. The largest absolute Gasteiger partial charge is 0.299 e. The fourth-order valence-electron chi connectivity index (χ4n) is 1.53. The van der Waals surface area contributed by atoms with Gasteiger partial charge in [0.25, 0.3) is 0 Å². The van der Waals surface area contributed by atoms with Gasteiger partial charge in [0.1, 0.15) is 5.78 Å². The van der Waals surface area contributed by atoms with Crippen molar-refractivity contribution in [1.82, 2.24) is 4.90 Å². The standard InChI is InChI=1S/C12H17NO.Pd/c1-10(14)12(13(2)3)9-11-7-5-4-6-8-11;/h4-8,12H,9H2,1-3H3;. The van der Waals surface area contributed by atoms with Crippen LogP contribution in [0.4, 0.5) is 0 Å². The maximum Gasteiger partial charge on any atom is 0.147 e. The van der Waals surface area contributed by atoms with Crippen LogP contribution in [0, 0.1) is 0 Å². The van der Waals surface area contributed by atoms with Crippen molar-refractivity contribution in [3.05, 3.63) is 35.9 Å². The molecule has 0 N–H and O–H groups in total. The Bertz CT molecular complexity index is 298. The van der Waals surface area contributed by atoms with E-state index in [0.29, 0.717) is 0 Å².